The number of aromatic nitrogens is 2. The summed E-state index contributed by atoms with van der Waals surface area (Å²) in [5, 5.41) is 0.734. The van der Waals surface area contributed by atoms with Crippen LogP contribution in [-0.2, 0) is 23.3 Å². The number of hydrogen-bond acceptors (Lipinski definition) is 1. The molecule has 0 aliphatic rings. The number of hydrogen-bond donors (Lipinski definition) is 1. The first-order valence-corrected chi connectivity index (χ1v) is 11.1. The van der Waals surface area contributed by atoms with Crippen molar-refractivity contribution in [3.63, 3.8) is 0 Å². The van der Waals surface area contributed by atoms with E-state index in [4.69, 9.17) is 17.3 Å². The van der Waals surface area contributed by atoms with Gasteiger partial charge in [-0.3, -0.25) is 4.79 Å². The molecule has 0 aliphatic carbocycles. The zero-order chi connectivity index (χ0) is 22.6. The van der Waals surface area contributed by atoms with Crippen LogP contribution < -0.4 is 27.3 Å². The van der Waals surface area contributed by atoms with Crippen molar-refractivity contribution in [1.29, 1.82) is 0 Å². The lowest BCUT2D eigenvalue weighted by atomic mass is 9.71. The number of amides is 1. The Hall–Kier alpha value is -2.89. The monoisotopic (exact) mass is 523 g/mol. The van der Waals surface area contributed by atoms with Crippen molar-refractivity contribution >= 4 is 17.5 Å². The molecule has 2 N–H and O–H groups in total. The van der Waals surface area contributed by atoms with Crippen LogP contribution in [0.25, 0.3) is 0 Å². The van der Waals surface area contributed by atoms with E-state index in [1.165, 1.54) is 5.56 Å². The van der Waals surface area contributed by atoms with Gasteiger partial charge in [0.15, 0.2) is 0 Å². The van der Waals surface area contributed by atoms with Gasteiger partial charge in [0, 0.05) is 18.4 Å². The van der Waals surface area contributed by atoms with E-state index < -0.39 is 5.41 Å². The van der Waals surface area contributed by atoms with Gasteiger partial charge < -0.3 is 22.7 Å². The molecule has 4 aromatic rings. The van der Waals surface area contributed by atoms with E-state index in [0.29, 0.717) is 13.0 Å². The molecule has 6 heteroatoms. The smallest absolute Gasteiger partial charge is 0.253 e. The lowest BCUT2D eigenvalue weighted by molar-refractivity contribution is -0.694. The number of carbonyl (C=O) groups is 1. The largest absolute Gasteiger partial charge is 1.00 e. The SMILES string of the molecule is Cc1n(CCC(C(N)=O)(c2ccccc2)c2ccccc2)cc[n+]1Cc1ccc(Cl)cc1.[Br-]. The molecule has 3 aromatic carbocycles. The number of aryl methyl sites for hydroxylation is 1. The topological polar surface area (TPSA) is 51.9 Å². The Bertz CT molecular complexity index is 1150. The van der Waals surface area contributed by atoms with E-state index in [1.54, 1.807) is 0 Å². The Kier molecular flexibility index (Phi) is 8.11. The van der Waals surface area contributed by atoms with Crippen molar-refractivity contribution in [2.45, 2.75) is 31.8 Å². The Morgan fingerprint density at radius 3 is 2.00 bits per heavy atom. The van der Waals surface area contributed by atoms with Crippen LogP contribution >= 0.6 is 11.6 Å². The van der Waals surface area contributed by atoms with Crippen LogP contribution in [0.15, 0.2) is 97.3 Å². The van der Waals surface area contributed by atoms with Crippen molar-refractivity contribution < 1.29 is 26.3 Å². The lowest BCUT2D eigenvalue weighted by Crippen LogP contribution is -3.00. The van der Waals surface area contributed by atoms with E-state index in [9.17, 15) is 4.79 Å². The molecule has 0 bridgehead atoms. The average Bonchev–Trinajstić information content (AvgIpc) is 3.16. The molecular weight excluding hydrogens is 498 g/mol. The summed E-state index contributed by atoms with van der Waals surface area (Å²) in [6.45, 7) is 3.51. The maximum atomic E-state index is 13.0. The molecule has 170 valence electrons. The molecular formula is C27H27BrClN3O. The molecule has 0 fully saturated rings. The fourth-order valence-corrected chi connectivity index (χ4v) is 4.45. The van der Waals surface area contributed by atoms with Gasteiger partial charge in [-0.05, 0) is 28.8 Å². The number of imidazole rings is 1. The summed E-state index contributed by atoms with van der Waals surface area (Å²) in [5.74, 6) is 0.771. The second kappa shape index (κ2) is 10.8. The van der Waals surface area contributed by atoms with Gasteiger partial charge in [-0.15, -0.1) is 0 Å². The third kappa shape index (κ3) is 5.21. The minimum absolute atomic E-state index is 0. The average molecular weight is 525 g/mol. The van der Waals surface area contributed by atoms with Crippen molar-refractivity contribution in [1.82, 2.24) is 4.57 Å². The maximum Gasteiger partial charge on any atom is 0.253 e. The van der Waals surface area contributed by atoms with Crippen molar-refractivity contribution in [3.05, 3.63) is 125 Å². The normalized spacial score (nSPS) is 11.1. The van der Waals surface area contributed by atoms with Crippen molar-refractivity contribution in [3.8, 4) is 0 Å². The summed E-state index contributed by atoms with van der Waals surface area (Å²) in [5.41, 5.74) is 8.20. The number of rotatable bonds is 8. The van der Waals surface area contributed by atoms with Crippen LogP contribution in [0.1, 0.15) is 28.9 Å². The molecule has 1 amide bonds. The fraction of sp³-hybridized carbons (Fsp3) is 0.185. The van der Waals surface area contributed by atoms with Gasteiger partial charge in [0.1, 0.15) is 24.4 Å². The summed E-state index contributed by atoms with van der Waals surface area (Å²) in [6.07, 6.45) is 4.70. The standard InChI is InChI=1S/C27H26ClN3O.BrH/c1-21-30(18-19-31(21)20-22-12-14-25(28)15-13-22)17-16-27(26(29)32,23-8-4-2-5-9-23)24-10-6-3-7-11-24;/h2-15,18-19H,16-17,20H2,1H3,(H-,29,32);1H. The van der Waals surface area contributed by atoms with Gasteiger partial charge in [0.2, 0.25) is 5.91 Å². The number of benzene rings is 3. The predicted molar refractivity (Wildman–Crippen MR) is 127 cm³/mol. The minimum atomic E-state index is -0.903. The van der Waals surface area contributed by atoms with Crippen LogP contribution in [-0.4, -0.2) is 10.5 Å². The molecule has 0 atom stereocenters. The van der Waals surface area contributed by atoms with Gasteiger partial charge in [-0.25, -0.2) is 9.13 Å². The van der Waals surface area contributed by atoms with Crippen LogP contribution in [0.3, 0.4) is 0 Å². The van der Waals surface area contributed by atoms with Crippen molar-refractivity contribution in [2.75, 3.05) is 0 Å². The third-order valence-corrected chi connectivity index (χ3v) is 6.46. The van der Waals surface area contributed by atoms with Gasteiger partial charge >= 0.3 is 0 Å². The van der Waals surface area contributed by atoms with Crippen LogP contribution in [0.4, 0.5) is 0 Å². The number of carbonyl (C=O) groups excluding carboxylic acids is 1. The molecule has 1 heterocycles. The first-order chi connectivity index (χ1) is 15.5. The van der Waals surface area contributed by atoms with Gasteiger partial charge in [0.25, 0.3) is 5.82 Å². The molecule has 0 aliphatic heterocycles. The fourth-order valence-electron chi connectivity index (χ4n) is 4.33. The molecule has 4 nitrogen and oxygen atoms in total. The van der Waals surface area contributed by atoms with E-state index in [0.717, 1.165) is 28.5 Å². The highest BCUT2D eigenvalue weighted by Crippen LogP contribution is 2.36. The Balaban J connectivity index is 0.00000306. The lowest BCUT2D eigenvalue weighted by Gasteiger charge is -2.31. The number of primary amides is 1. The molecule has 33 heavy (non-hydrogen) atoms. The number of halogens is 2. The van der Waals surface area contributed by atoms with E-state index in [1.807, 2.05) is 84.9 Å². The van der Waals surface area contributed by atoms with Crippen LogP contribution in [0.2, 0.25) is 5.02 Å². The molecule has 0 saturated carbocycles. The second-order valence-electron chi connectivity index (χ2n) is 8.04. The zero-order valence-electron chi connectivity index (χ0n) is 18.5. The highest BCUT2D eigenvalue weighted by atomic mass is 79.9. The van der Waals surface area contributed by atoms with Gasteiger partial charge in [-0.2, -0.15) is 0 Å². The summed E-state index contributed by atoms with van der Waals surface area (Å²) >= 11 is 6.01. The molecule has 0 saturated heterocycles. The van der Waals surface area contributed by atoms with Crippen LogP contribution in [0.5, 0.6) is 0 Å². The van der Waals surface area contributed by atoms with Gasteiger partial charge in [0.05, 0.1) is 6.54 Å². The van der Waals surface area contributed by atoms with E-state index in [-0.39, 0.29) is 22.9 Å². The van der Waals surface area contributed by atoms with Crippen molar-refractivity contribution in [2.24, 2.45) is 5.73 Å². The molecule has 0 spiro atoms. The first kappa shape index (κ1) is 24.7. The Morgan fingerprint density at radius 2 is 1.48 bits per heavy atom. The van der Waals surface area contributed by atoms with E-state index >= 15 is 0 Å². The summed E-state index contributed by atoms with van der Waals surface area (Å²) in [4.78, 5) is 13.0. The molecule has 0 radical (unpaired) electrons. The Labute approximate surface area is 210 Å². The quantitative estimate of drug-likeness (QED) is 0.350. The summed E-state index contributed by atoms with van der Waals surface area (Å²) in [6, 6.07) is 27.6. The highest BCUT2D eigenvalue weighted by molar-refractivity contribution is 6.30. The summed E-state index contributed by atoms with van der Waals surface area (Å²) < 4.78 is 4.37. The zero-order valence-corrected chi connectivity index (χ0v) is 20.8. The molecule has 4 rings (SSSR count). The summed E-state index contributed by atoms with van der Waals surface area (Å²) in [7, 11) is 0. The number of nitrogens with two attached hydrogens (primary N) is 1. The Morgan fingerprint density at radius 1 is 0.939 bits per heavy atom. The molecule has 1 aromatic heterocycles. The second-order valence-corrected chi connectivity index (χ2v) is 8.48. The maximum absolute atomic E-state index is 13.0. The number of nitrogens with zero attached hydrogens (tertiary/aromatic N) is 2. The van der Waals surface area contributed by atoms with E-state index in [2.05, 4.69) is 28.5 Å². The third-order valence-electron chi connectivity index (χ3n) is 6.21. The predicted octanol–water partition coefficient (Wildman–Crippen LogP) is 1.65. The minimum Gasteiger partial charge on any atom is -1.00 e. The van der Waals surface area contributed by atoms with Crippen LogP contribution in [0, 0.1) is 6.92 Å². The highest BCUT2D eigenvalue weighted by Gasteiger charge is 2.40. The van der Waals surface area contributed by atoms with Gasteiger partial charge in [-0.1, -0.05) is 84.4 Å². The first-order valence-electron chi connectivity index (χ1n) is 10.7. The molecule has 0 unspecified atom stereocenters.